The van der Waals surface area contributed by atoms with Crippen LogP contribution in [0.3, 0.4) is 0 Å². The van der Waals surface area contributed by atoms with E-state index in [2.05, 4.69) is 9.71 Å². The Bertz CT molecular complexity index is 665. The maximum Gasteiger partial charge on any atom is 0.255 e. The fourth-order valence-electron chi connectivity index (χ4n) is 1.40. The number of aromatic nitrogens is 1. The van der Waals surface area contributed by atoms with Gasteiger partial charge in [0.05, 0.1) is 17.3 Å². The molecule has 3 N–H and O–H groups in total. The van der Waals surface area contributed by atoms with E-state index in [1.165, 1.54) is 18.3 Å². The Kier molecular flexibility index (Phi) is 3.82. The molecule has 1 heterocycles. The highest BCUT2D eigenvalue weighted by Gasteiger charge is 2.05. The first-order valence-electron chi connectivity index (χ1n) is 5.53. The van der Waals surface area contributed by atoms with Gasteiger partial charge in [-0.2, -0.15) is 0 Å². The minimum absolute atomic E-state index is 0.336. The highest BCUT2D eigenvalue weighted by atomic mass is 32.2. The molecule has 0 amide bonds. The molecule has 0 bridgehead atoms. The summed E-state index contributed by atoms with van der Waals surface area (Å²) >= 11 is 0. The van der Waals surface area contributed by atoms with Crippen LogP contribution in [0.2, 0.25) is 0 Å². The molecular weight excluding hydrogens is 262 g/mol. The Morgan fingerprint density at radius 2 is 1.84 bits per heavy atom. The zero-order valence-electron chi connectivity index (χ0n) is 10.0. The third kappa shape index (κ3) is 4.11. The van der Waals surface area contributed by atoms with Crippen LogP contribution >= 0.6 is 0 Å². The van der Waals surface area contributed by atoms with Gasteiger partial charge in [0, 0.05) is 0 Å². The average molecular weight is 275 g/mol. The first kappa shape index (κ1) is 13.1. The van der Waals surface area contributed by atoms with E-state index in [1.807, 2.05) is 30.3 Å². The molecule has 0 saturated heterocycles. The molecule has 0 saturated carbocycles. The molecule has 2 rings (SSSR count). The minimum atomic E-state index is -3.56. The summed E-state index contributed by atoms with van der Waals surface area (Å²) in [4.78, 5) is 3.81. The van der Waals surface area contributed by atoms with Gasteiger partial charge in [0.2, 0.25) is 0 Å². The second-order valence-electron chi connectivity index (χ2n) is 3.83. The normalized spacial score (nSPS) is 11.6. The van der Waals surface area contributed by atoms with Crippen molar-refractivity contribution in [2.45, 2.75) is 0 Å². The van der Waals surface area contributed by atoms with Gasteiger partial charge in [-0.05, 0) is 23.8 Å². The van der Waals surface area contributed by atoms with Crippen LogP contribution in [-0.4, -0.2) is 13.4 Å². The Hall–Kier alpha value is -2.34. The highest BCUT2D eigenvalue weighted by Crippen LogP contribution is 2.11. The number of pyridine rings is 1. The number of hydrogen-bond acceptors (Lipinski definition) is 4. The van der Waals surface area contributed by atoms with E-state index in [0.29, 0.717) is 11.5 Å². The molecule has 98 valence electrons. The third-order valence-electron chi connectivity index (χ3n) is 2.29. The van der Waals surface area contributed by atoms with Gasteiger partial charge in [0.15, 0.2) is 0 Å². The molecule has 0 aliphatic rings. The SMILES string of the molecule is Nc1ccc(NS(=O)(=O)C=Cc2ccccc2)cn1. The summed E-state index contributed by atoms with van der Waals surface area (Å²) in [6.07, 6.45) is 2.89. The number of nitrogens with one attached hydrogen (secondary N) is 1. The Balaban J connectivity index is 2.11. The number of rotatable bonds is 4. The summed E-state index contributed by atoms with van der Waals surface area (Å²) in [6, 6.07) is 12.2. The van der Waals surface area contributed by atoms with Gasteiger partial charge in [-0.1, -0.05) is 30.3 Å². The van der Waals surface area contributed by atoms with Crippen molar-refractivity contribution in [3.05, 3.63) is 59.6 Å². The number of sulfonamides is 1. The van der Waals surface area contributed by atoms with Crippen molar-refractivity contribution in [2.75, 3.05) is 10.5 Å². The zero-order valence-corrected chi connectivity index (χ0v) is 10.8. The molecule has 0 atom stereocenters. The monoisotopic (exact) mass is 275 g/mol. The first-order chi connectivity index (χ1) is 9.05. The lowest BCUT2D eigenvalue weighted by molar-refractivity contribution is 0.609. The molecule has 6 heteroatoms. The molecule has 5 nitrogen and oxygen atoms in total. The number of benzene rings is 1. The molecule has 1 aromatic heterocycles. The maximum atomic E-state index is 11.8. The number of anilines is 2. The molecule has 19 heavy (non-hydrogen) atoms. The Labute approximate surface area is 111 Å². The molecule has 0 fully saturated rings. The summed E-state index contributed by atoms with van der Waals surface area (Å²) in [7, 11) is -3.56. The van der Waals surface area contributed by atoms with E-state index in [-0.39, 0.29) is 0 Å². The number of nitrogens with two attached hydrogens (primary N) is 1. The lowest BCUT2D eigenvalue weighted by Gasteiger charge is -2.03. The zero-order chi connectivity index (χ0) is 13.7. The summed E-state index contributed by atoms with van der Waals surface area (Å²) in [6.45, 7) is 0. The quantitative estimate of drug-likeness (QED) is 0.894. The standard InChI is InChI=1S/C13H13N3O2S/c14-13-7-6-12(10-15-13)16-19(17,18)9-8-11-4-2-1-3-5-11/h1-10,16H,(H2,14,15). The number of hydrogen-bond donors (Lipinski definition) is 2. The Morgan fingerprint density at radius 1 is 1.11 bits per heavy atom. The molecule has 0 radical (unpaired) electrons. The fourth-order valence-corrected chi connectivity index (χ4v) is 2.25. The summed E-state index contributed by atoms with van der Waals surface area (Å²) < 4.78 is 26.0. The molecule has 0 aliphatic carbocycles. The van der Waals surface area contributed by atoms with E-state index in [4.69, 9.17) is 5.73 Å². The number of nitrogens with zero attached hydrogens (tertiary/aromatic N) is 1. The molecule has 0 unspecified atom stereocenters. The predicted molar refractivity (Wildman–Crippen MR) is 76.7 cm³/mol. The molecule has 0 aliphatic heterocycles. The van der Waals surface area contributed by atoms with Gasteiger partial charge in [0.1, 0.15) is 5.82 Å². The van der Waals surface area contributed by atoms with Gasteiger partial charge >= 0.3 is 0 Å². The van der Waals surface area contributed by atoms with Crippen LogP contribution in [0.1, 0.15) is 5.56 Å². The van der Waals surface area contributed by atoms with Crippen molar-refractivity contribution >= 4 is 27.6 Å². The van der Waals surface area contributed by atoms with Crippen LogP contribution in [0.15, 0.2) is 54.1 Å². The second kappa shape index (κ2) is 5.53. The van der Waals surface area contributed by atoms with Gasteiger partial charge < -0.3 is 5.73 Å². The van der Waals surface area contributed by atoms with Crippen LogP contribution in [0, 0.1) is 0 Å². The Morgan fingerprint density at radius 3 is 2.47 bits per heavy atom. The molecule has 2 aromatic rings. The lowest BCUT2D eigenvalue weighted by atomic mass is 10.2. The molecule has 0 spiro atoms. The van der Waals surface area contributed by atoms with Crippen molar-refractivity contribution in [1.82, 2.24) is 4.98 Å². The fraction of sp³-hybridized carbons (Fsp3) is 0. The van der Waals surface area contributed by atoms with Crippen molar-refractivity contribution in [2.24, 2.45) is 0 Å². The van der Waals surface area contributed by atoms with E-state index in [1.54, 1.807) is 6.07 Å². The third-order valence-corrected chi connectivity index (χ3v) is 3.30. The van der Waals surface area contributed by atoms with E-state index in [9.17, 15) is 8.42 Å². The van der Waals surface area contributed by atoms with Crippen LogP contribution in [0.25, 0.3) is 6.08 Å². The van der Waals surface area contributed by atoms with Crippen molar-refractivity contribution in [1.29, 1.82) is 0 Å². The largest absolute Gasteiger partial charge is 0.384 e. The highest BCUT2D eigenvalue weighted by molar-refractivity contribution is 7.95. The summed E-state index contributed by atoms with van der Waals surface area (Å²) in [5.74, 6) is 0.336. The van der Waals surface area contributed by atoms with Crippen LogP contribution in [-0.2, 0) is 10.0 Å². The molecule has 1 aromatic carbocycles. The van der Waals surface area contributed by atoms with E-state index < -0.39 is 10.0 Å². The maximum absolute atomic E-state index is 11.8. The van der Waals surface area contributed by atoms with E-state index in [0.717, 1.165) is 11.0 Å². The molecular formula is C13H13N3O2S. The minimum Gasteiger partial charge on any atom is -0.384 e. The topological polar surface area (TPSA) is 85.1 Å². The van der Waals surface area contributed by atoms with Crippen molar-refractivity contribution < 1.29 is 8.42 Å². The van der Waals surface area contributed by atoms with Crippen molar-refractivity contribution in [3.63, 3.8) is 0 Å². The predicted octanol–water partition coefficient (Wildman–Crippen LogP) is 2.08. The van der Waals surface area contributed by atoms with Gasteiger partial charge in [-0.15, -0.1) is 0 Å². The van der Waals surface area contributed by atoms with Gasteiger partial charge in [-0.25, -0.2) is 13.4 Å². The van der Waals surface area contributed by atoms with Gasteiger partial charge in [-0.3, -0.25) is 4.72 Å². The van der Waals surface area contributed by atoms with Crippen LogP contribution in [0.4, 0.5) is 11.5 Å². The summed E-state index contributed by atoms with van der Waals surface area (Å²) in [5, 5.41) is 1.11. The van der Waals surface area contributed by atoms with Gasteiger partial charge in [0.25, 0.3) is 10.0 Å². The smallest absolute Gasteiger partial charge is 0.255 e. The van der Waals surface area contributed by atoms with Crippen LogP contribution < -0.4 is 10.5 Å². The number of nitrogen functional groups attached to an aromatic ring is 1. The first-order valence-corrected chi connectivity index (χ1v) is 7.07. The van der Waals surface area contributed by atoms with Crippen LogP contribution in [0.5, 0.6) is 0 Å². The van der Waals surface area contributed by atoms with Crippen molar-refractivity contribution in [3.8, 4) is 0 Å². The van der Waals surface area contributed by atoms with E-state index >= 15 is 0 Å². The summed E-state index contributed by atoms with van der Waals surface area (Å²) in [5.41, 5.74) is 6.60. The average Bonchev–Trinajstić information content (AvgIpc) is 2.40. The lowest BCUT2D eigenvalue weighted by Crippen LogP contribution is -2.09. The second-order valence-corrected chi connectivity index (χ2v) is 5.40.